The zero-order valence-electron chi connectivity index (χ0n) is 11.8. The number of ether oxygens (including phenoxy) is 1. The molecule has 0 bridgehead atoms. The highest BCUT2D eigenvalue weighted by molar-refractivity contribution is 5.37. The molecule has 3 nitrogen and oxygen atoms in total. The molecule has 2 aromatic rings. The first kappa shape index (κ1) is 13.7. The van der Waals surface area contributed by atoms with Crippen LogP contribution in [0.15, 0.2) is 41.0 Å². The zero-order valence-corrected chi connectivity index (χ0v) is 11.8. The monoisotopic (exact) mass is 259 g/mol. The Hall–Kier alpha value is -1.74. The van der Waals surface area contributed by atoms with E-state index >= 15 is 0 Å². The summed E-state index contributed by atoms with van der Waals surface area (Å²) >= 11 is 0. The second-order valence-corrected chi connectivity index (χ2v) is 4.38. The van der Waals surface area contributed by atoms with Gasteiger partial charge in [0.25, 0.3) is 0 Å². The molecule has 0 amide bonds. The minimum Gasteiger partial charge on any atom is -0.494 e. The maximum atomic E-state index is 5.56. The maximum absolute atomic E-state index is 5.56. The van der Waals surface area contributed by atoms with Gasteiger partial charge in [0, 0.05) is 12.0 Å². The molecule has 0 saturated heterocycles. The Balaban J connectivity index is 2.34. The molecule has 1 aromatic carbocycles. The van der Waals surface area contributed by atoms with Gasteiger partial charge in [-0.1, -0.05) is 19.1 Å². The van der Waals surface area contributed by atoms with Crippen LogP contribution in [0.4, 0.5) is 0 Å². The molecule has 0 saturated carbocycles. The van der Waals surface area contributed by atoms with E-state index in [0.717, 1.165) is 17.9 Å². The Bertz CT molecular complexity index is 519. The van der Waals surface area contributed by atoms with E-state index in [2.05, 4.69) is 24.4 Å². The Morgan fingerprint density at radius 1 is 1.26 bits per heavy atom. The molecule has 0 spiro atoms. The number of furan rings is 1. The number of nitrogens with one attached hydrogen (secondary N) is 1. The summed E-state index contributed by atoms with van der Waals surface area (Å²) in [6.45, 7) is 4.78. The molecule has 1 unspecified atom stereocenters. The molecule has 102 valence electrons. The van der Waals surface area contributed by atoms with Crippen molar-refractivity contribution in [1.29, 1.82) is 0 Å². The zero-order chi connectivity index (χ0) is 13.7. The molecular formula is C16H21NO2. The van der Waals surface area contributed by atoms with Crippen molar-refractivity contribution < 1.29 is 9.15 Å². The van der Waals surface area contributed by atoms with E-state index in [9.17, 15) is 0 Å². The summed E-state index contributed by atoms with van der Waals surface area (Å²) in [5.74, 6) is 1.93. The fourth-order valence-corrected chi connectivity index (χ4v) is 2.35. The predicted molar refractivity (Wildman–Crippen MR) is 76.6 cm³/mol. The third-order valence-electron chi connectivity index (χ3n) is 3.20. The van der Waals surface area contributed by atoms with E-state index in [1.54, 1.807) is 6.26 Å². The van der Waals surface area contributed by atoms with Crippen LogP contribution in [0, 0.1) is 0 Å². The Kier molecular flexibility index (Phi) is 4.63. The first-order chi connectivity index (χ1) is 9.30. The molecule has 1 atom stereocenters. The van der Waals surface area contributed by atoms with Gasteiger partial charge in [0.2, 0.25) is 0 Å². The van der Waals surface area contributed by atoms with Gasteiger partial charge in [-0.05, 0) is 37.7 Å². The molecule has 0 aliphatic heterocycles. The largest absolute Gasteiger partial charge is 0.494 e. The first-order valence-electron chi connectivity index (χ1n) is 6.76. The van der Waals surface area contributed by atoms with Crippen LogP contribution >= 0.6 is 0 Å². The number of hydrogen-bond acceptors (Lipinski definition) is 3. The van der Waals surface area contributed by atoms with Crippen molar-refractivity contribution >= 4 is 0 Å². The number of rotatable bonds is 6. The molecule has 1 aromatic heterocycles. The fourth-order valence-electron chi connectivity index (χ4n) is 2.35. The standard InChI is InChI=1S/C16H21NO2/c1-4-15-14(9-10-19-15)16(17-3)12-7-6-8-13(11-12)18-5-2/h6-11,16-17H,4-5H2,1-3H3. The highest BCUT2D eigenvalue weighted by Gasteiger charge is 2.17. The van der Waals surface area contributed by atoms with Gasteiger partial charge in [0.1, 0.15) is 11.5 Å². The van der Waals surface area contributed by atoms with Crippen molar-refractivity contribution in [3.05, 3.63) is 53.5 Å². The smallest absolute Gasteiger partial charge is 0.119 e. The summed E-state index contributed by atoms with van der Waals surface area (Å²) in [5, 5.41) is 3.35. The van der Waals surface area contributed by atoms with Crippen LogP contribution in [-0.2, 0) is 6.42 Å². The van der Waals surface area contributed by atoms with Crippen molar-refractivity contribution in [2.75, 3.05) is 13.7 Å². The van der Waals surface area contributed by atoms with Crippen LogP contribution in [0.1, 0.15) is 36.8 Å². The van der Waals surface area contributed by atoms with Crippen LogP contribution in [0.25, 0.3) is 0 Å². The van der Waals surface area contributed by atoms with E-state index in [1.165, 1.54) is 11.1 Å². The van der Waals surface area contributed by atoms with Crippen LogP contribution in [0.5, 0.6) is 5.75 Å². The van der Waals surface area contributed by atoms with Crippen molar-refractivity contribution in [2.45, 2.75) is 26.3 Å². The normalized spacial score (nSPS) is 12.4. The van der Waals surface area contributed by atoms with E-state index in [-0.39, 0.29) is 6.04 Å². The second kappa shape index (κ2) is 6.43. The molecule has 3 heteroatoms. The van der Waals surface area contributed by atoms with Crippen LogP contribution < -0.4 is 10.1 Å². The molecule has 0 fully saturated rings. The van der Waals surface area contributed by atoms with Crippen LogP contribution in [0.3, 0.4) is 0 Å². The number of aryl methyl sites for hydroxylation is 1. The molecule has 1 heterocycles. The topological polar surface area (TPSA) is 34.4 Å². The summed E-state index contributed by atoms with van der Waals surface area (Å²) in [6, 6.07) is 10.4. The highest BCUT2D eigenvalue weighted by atomic mass is 16.5. The quantitative estimate of drug-likeness (QED) is 0.861. The molecular weight excluding hydrogens is 238 g/mol. The lowest BCUT2D eigenvalue weighted by atomic mass is 9.98. The van der Waals surface area contributed by atoms with E-state index in [4.69, 9.17) is 9.15 Å². The molecule has 0 radical (unpaired) electrons. The Morgan fingerprint density at radius 2 is 2.11 bits per heavy atom. The third-order valence-corrected chi connectivity index (χ3v) is 3.20. The molecule has 19 heavy (non-hydrogen) atoms. The van der Waals surface area contributed by atoms with Gasteiger partial charge < -0.3 is 14.5 Å². The summed E-state index contributed by atoms with van der Waals surface area (Å²) in [5.41, 5.74) is 2.38. The van der Waals surface area contributed by atoms with Gasteiger partial charge in [0.15, 0.2) is 0 Å². The van der Waals surface area contributed by atoms with Crippen molar-refractivity contribution in [3.8, 4) is 5.75 Å². The highest BCUT2D eigenvalue weighted by Crippen LogP contribution is 2.28. The first-order valence-corrected chi connectivity index (χ1v) is 6.76. The number of hydrogen-bond donors (Lipinski definition) is 1. The number of benzene rings is 1. The van der Waals surface area contributed by atoms with Gasteiger partial charge in [-0.3, -0.25) is 0 Å². The Morgan fingerprint density at radius 3 is 2.79 bits per heavy atom. The summed E-state index contributed by atoms with van der Waals surface area (Å²) in [4.78, 5) is 0. The molecule has 0 aliphatic carbocycles. The molecule has 0 aliphatic rings. The van der Waals surface area contributed by atoms with E-state index in [0.29, 0.717) is 6.61 Å². The summed E-state index contributed by atoms with van der Waals surface area (Å²) in [6.07, 6.45) is 2.65. The van der Waals surface area contributed by atoms with Crippen LogP contribution in [-0.4, -0.2) is 13.7 Å². The lowest BCUT2D eigenvalue weighted by molar-refractivity contribution is 0.339. The minimum atomic E-state index is 0.133. The van der Waals surface area contributed by atoms with Gasteiger partial charge in [0.05, 0.1) is 18.9 Å². The molecule has 2 rings (SSSR count). The van der Waals surface area contributed by atoms with E-state index in [1.807, 2.05) is 32.2 Å². The van der Waals surface area contributed by atoms with Gasteiger partial charge in [-0.2, -0.15) is 0 Å². The van der Waals surface area contributed by atoms with Crippen molar-refractivity contribution in [3.63, 3.8) is 0 Å². The van der Waals surface area contributed by atoms with Gasteiger partial charge in [-0.15, -0.1) is 0 Å². The average Bonchev–Trinajstić information content (AvgIpc) is 2.89. The Labute approximate surface area is 114 Å². The third kappa shape index (κ3) is 2.99. The minimum absolute atomic E-state index is 0.133. The van der Waals surface area contributed by atoms with Crippen LogP contribution in [0.2, 0.25) is 0 Å². The SMILES string of the molecule is CCOc1cccc(C(NC)c2ccoc2CC)c1. The van der Waals surface area contributed by atoms with Crippen molar-refractivity contribution in [1.82, 2.24) is 5.32 Å². The van der Waals surface area contributed by atoms with E-state index < -0.39 is 0 Å². The maximum Gasteiger partial charge on any atom is 0.119 e. The predicted octanol–water partition coefficient (Wildman–Crippen LogP) is 3.55. The van der Waals surface area contributed by atoms with Crippen molar-refractivity contribution in [2.24, 2.45) is 0 Å². The fraction of sp³-hybridized carbons (Fsp3) is 0.375. The summed E-state index contributed by atoms with van der Waals surface area (Å²) < 4.78 is 11.1. The molecule has 1 N–H and O–H groups in total. The van der Waals surface area contributed by atoms with Gasteiger partial charge >= 0.3 is 0 Å². The lowest BCUT2D eigenvalue weighted by Crippen LogP contribution is -2.18. The lowest BCUT2D eigenvalue weighted by Gasteiger charge is -2.17. The second-order valence-electron chi connectivity index (χ2n) is 4.38. The van der Waals surface area contributed by atoms with Gasteiger partial charge in [-0.25, -0.2) is 0 Å². The average molecular weight is 259 g/mol. The summed E-state index contributed by atoms with van der Waals surface area (Å²) in [7, 11) is 1.96.